The van der Waals surface area contributed by atoms with Gasteiger partial charge in [0.05, 0.1) is 22.4 Å². The Balaban J connectivity index is 1.39. The van der Waals surface area contributed by atoms with Crippen molar-refractivity contribution in [2.45, 2.75) is 25.9 Å². The van der Waals surface area contributed by atoms with Gasteiger partial charge in [0, 0.05) is 38.2 Å². The van der Waals surface area contributed by atoms with Crippen molar-refractivity contribution in [1.29, 1.82) is 0 Å². The minimum atomic E-state index is -0.557. The van der Waals surface area contributed by atoms with Crippen LogP contribution in [0.25, 0.3) is 16.5 Å². The predicted molar refractivity (Wildman–Crippen MR) is 145 cm³/mol. The fourth-order valence-corrected chi connectivity index (χ4v) is 4.85. The van der Waals surface area contributed by atoms with Crippen LogP contribution < -0.4 is 11.2 Å². The van der Waals surface area contributed by atoms with Crippen LogP contribution in [0.1, 0.15) is 24.0 Å². The minimum Gasteiger partial charge on any atom is -0.339 e. The molecular weight excluding hydrogens is 484 g/mol. The van der Waals surface area contributed by atoms with E-state index in [2.05, 4.69) is 0 Å². The van der Waals surface area contributed by atoms with E-state index in [9.17, 15) is 24.5 Å². The van der Waals surface area contributed by atoms with Gasteiger partial charge in [0.1, 0.15) is 0 Å². The summed E-state index contributed by atoms with van der Waals surface area (Å²) in [5, 5.41) is 11.6. The molecule has 0 fully saturated rings. The highest BCUT2D eigenvalue weighted by molar-refractivity contribution is 5.79. The number of hydrogen-bond donors (Lipinski definition) is 0. The zero-order chi connectivity index (χ0) is 26.6. The summed E-state index contributed by atoms with van der Waals surface area (Å²) in [6, 6.07) is 22.8. The second-order valence-corrected chi connectivity index (χ2v) is 9.20. The van der Waals surface area contributed by atoms with E-state index < -0.39 is 16.2 Å². The average Bonchev–Trinajstić information content (AvgIpc) is 2.96. The van der Waals surface area contributed by atoms with E-state index in [-0.39, 0.29) is 31.1 Å². The molecule has 0 spiro atoms. The number of para-hydroxylation sites is 1. The average molecular weight is 511 g/mol. The lowest BCUT2D eigenvalue weighted by Crippen LogP contribution is -2.42. The molecule has 0 N–H and O–H groups in total. The van der Waals surface area contributed by atoms with Crippen LogP contribution in [0.15, 0.2) is 94.5 Å². The highest BCUT2D eigenvalue weighted by atomic mass is 16.6. The summed E-state index contributed by atoms with van der Waals surface area (Å²) in [7, 11) is 0. The SMILES string of the molecule is O=C(CCn1c(=O)c2ccccc2n(Cc2cccc([N+](=O)[O-])c2)c1=O)N1CC=C(c2ccccc2)CC1. The number of benzene rings is 3. The van der Waals surface area contributed by atoms with Gasteiger partial charge in [-0.15, -0.1) is 0 Å². The summed E-state index contributed by atoms with van der Waals surface area (Å²) in [6.45, 7) is 1.05. The highest BCUT2D eigenvalue weighted by Crippen LogP contribution is 2.22. The molecule has 4 aromatic rings. The van der Waals surface area contributed by atoms with Gasteiger partial charge in [-0.2, -0.15) is 0 Å². The first-order valence-electron chi connectivity index (χ1n) is 12.4. The van der Waals surface area contributed by atoms with Crippen LogP contribution >= 0.6 is 0 Å². The van der Waals surface area contributed by atoms with Gasteiger partial charge >= 0.3 is 5.69 Å². The molecule has 1 amide bonds. The van der Waals surface area contributed by atoms with E-state index in [0.29, 0.717) is 29.6 Å². The second-order valence-electron chi connectivity index (χ2n) is 9.20. The summed E-state index contributed by atoms with van der Waals surface area (Å²) in [5.74, 6) is -0.127. The van der Waals surface area contributed by atoms with Crippen molar-refractivity contribution in [3.63, 3.8) is 0 Å². The lowest BCUT2D eigenvalue weighted by Gasteiger charge is -2.27. The number of non-ortho nitro benzene ring substituents is 1. The molecule has 0 saturated carbocycles. The molecule has 192 valence electrons. The number of fused-ring (bicyclic) bond motifs is 1. The van der Waals surface area contributed by atoms with E-state index in [1.165, 1.54) is 22.3 Å². The van der Waals surface area contributed by atoms with E-state index in [4.69, 9.17) is 0 Å². The molecule has 9 heteroatoms. The lowest BCUT2D eigenvalue weighted by molar-refractivity contribution is -0.384. The summed E-state index contributed by atoms with van der Waals surface area (Å²) < 4.78 is 2.52. The number of nitro benzene ring substituents is 1. The number of amides is 1. The van der Waals surface area contributed by atoms with Crippen molar-refractivity contribution in [2.24, 2.45) is 0 Å². The molecular formula is C29H26N4O5. The number of nitro groups is 1. The van der Waals surface area contributed by atoms with Crippen molar-refractivity contribution >= 4 is 28.1 Å². The lowest BCUT2D eigenvalue weighted by atomic mass is 9.99. The number of rotatable bonds is 7. The molecule has 1 aliphatic heterocycles. The molecule has 0 bridgehead atoms. The third kappa shape index (κ3) is 5.04. The summed E-state index contributed by atoms with van der Waals surface area (Å²) in [4.78, 5) is 52.1. The molecule has 3 aromatic carbocycles. The van der Waals surface area contributed by atoms with Crippen LogP contribution in [-0.4, -0.2) is 38.0 Å². The van der Waals surface area contributed by atoms with Gasteiger partial charge in [0.2, 0.25) is 5.91 Å². The molecule has 1 aliphatic rings. The van der Waals surface area contributed by atoms with Crippen molar-refractivity contribution in [2.75, 3.05) is 13.1 Å². The monoisotopic (exact) mass is 510 g/mol. The summed E-state index contributed by atoms with van der Waals surface area (Å²) in [6.07, 6.45) is 2.80. The molecule has 38 heavy (non-hydrogen) atoms. The Labute approximate surface area is 218 Å². The Morgan fingerprint density at radius 2 is 1.68 bits per heavy atom. The van der Waals surface area contributed by atoms with Crippen LogP contribution in [0.4, 0.5) is 5.69 Å². The van der Waals surface area contributed by atoms with E-state index in [1.54, 1.807) is 41.3 Å². The van der Waals surface area contributed by atoms with Crippen molar-refractivity contribution in [3.05, 3.63) is 127 Å². The first-order valence-corrected chi connectivity index (χ1v) is 12.4. The number of carbonyl (C=O) groups is 1. The maximum absolute atomic E-state index is 13.5. The van der Waals surface area contributed by atoms with E-state index in [1.807, 2.05) is 36.4 Å². The normalized spacial score (nSPS) is 13.4. The largest absolute Gasteiger partial charge is 0.339 e. The summed E-state index contributed by atoms with van der Waals surface area (Å²) in [5.41, 5.74) is 2.24. The van der Waals surface area contributed by atoms with Gasteiger partial charge in [-0.3, -0.25) is 28.8 Å². The van der Waals surface area contributed by atoms with Crippen molar-refractivity contribution in [1.82, 2.24) is 14.0 Å². The molecule has 9 nitrogen and oxygen atoms in total. The molecule has 5 rings (SSSR count). The van der Waals surface area contributed by atoms with Gasteiger partial charge in [0.15, 0.2) is 0 Å². The number of carbonyl (C=O) groups excluding carboxylic acids is 1. The van der Waals surface area contributed by atoms with Crippen LogP contribution in [-0.2, 0) is 17.9 Å². The molecule has 0 saturated heterocycles. The number of aromatic nitrogens is 2. The van der Waals surface area contributed by atoms with Crippen LogP contribution in [0.2, 0.25) is 0 Å². The van der Waals surface area contributed by atoms with Crippen LogP contribution in [0, 0.1) is 10.1 Å². The quantitative estimate of drug-likeness (QED) is 0.277. The van der Waals surface area contributed by atoms with E-state index in [0.717, 1.165) is 16.6 Å². The van der Waals surface area contributed by atoms with E-state index >= 15 is 0 Å². The molecule has 0 unspecified atom stereocenters. The molecule has 0 atom stereocenters. The minimum absolute atomic E-state index is 0.0127. The first-order chi connectivity index (χ1) is 18.4. The first kappa shape index (κ1) is 24.9. The van der Waals surface area contributed by atoms with Crippen LogP contribution in [0.5, 0.6) is 0 Å². The third-order valence-corrected chi connectivity index (χ3v) is 6.85. The molecule has 2 heterocycles. The Kier molecular flexibility index (Phi) is 6.99. The molecule has 0 radical (unpaired) electrons. The summed E-state index contributed by atoms with van der Waals surface area (Å²) >= 11 is 0. The van der Waals surface area contributed by atoms with Gasteiger partial charge in [0.25, 0.3) is 11.2 Å². The zero-order valence-corrected chi connectivity index (χ0v) is 20.7. The van der Waals surface area contributed by atoms with Crippen LogP contribution in [0.3, 0.4) is 0 Å². The smallest absolute Gasteiger partial charge is 0.331 e. The van der Waals surface area contributed by atoms with Gasteiger partial charge in [-0.25, -0.2) is 4.79 Å². The van der Waals surface area contributed by atoms with Gasteiger partial charge in [-0.05, 0) is 35.3 Å². The highest BCUT2D eigenvalue weighted by Gasteiger charge is 2.20. The fourth-order valence-electron chi connectivity index (χ4n) is 4.85. The Morgan fingerprint density at radius 1 is 0.921 bits per heavy atom. The Bertz CT molecular complexity index is 1670. The second kappa shape index (κ2) is 10.7. The molecule has 1 aromatic heterocycles. The predicted octanol–water partition coefficient (Wildman–Crippen LogP) is 3.83. The topological polar surface area (TPSA) is 107 Å². The molecule has 0 aliphatic carbocycles. The third-order valence-electron chi connectivity index (χ3n) is 6.85. The van der Waals surface area contributed by atoms with Crippen molar-refractivity contribution in [3.8, 4) is 0 Å². The standard InChI is InChI=1S/C29H26N4O5/c34-27(30-16-13-23(14-17-30)22-8-2-1-3-9-22)15-18-31-28(35)25-11-4-5-12-26(25)32(29(31)36)20-21-7-6-10-24(19-21)33(37)38/h1-13,19H,14-18,20H2. The van der Waals surface area contributed by atoms with Crippen molar-refractivity contribution < 1.29 is 9.72 Å². The number of nitrogens with zero attached hydrogens (tertiary/aromatic N) is 4. The van der Waals surface area contributed by atoms with Gasteiger partial charge < -0.3 is 4.90 Å². The maximum atomic E-state index is 13.5. The maximum Gasteiger partial charge on any atom is 0.331 e. The Morgan fingerprint density at radius 3 is 2.42 bits per heavy atom. The number of hydrogen-bond acceptors (Lipinski definition) is 5. The Hall–Kier alpha value is -4.79. The van der Waals surface area contributed by atoms with Gasteiger partial charge in [-0.1, -0.05) is 60.7 Å². The fraction of sp³-hybridized carbons (Fsp3) is 0.207. The zero-order valence-electron chi connectivity index (χ0n) is 20.7.